The first-order valence-electron chi connectivity index (χ1n) is 5.98. The van der Waals surface area contributed by atoms with Crippen LogP contribution in [0.1, 0.15) is 31.4 Å². The van der Waals surface area contributed by atoms with Crippen LogP contribution in [-0.2, 0) is 0 Å². The Kier molecular flexibility index (Phi) is 4.38. The smallest absolute Gasteiger partial charge is 0.0295 e. The van der Waals surface area contributed by atoms with E-state index in [0.29, 0.717) is 12.1 Å². The lowest BCUT2D eigenvalue weighted by molar-refractivity contribution is 0.362. The van der Waals surface area contributed by atoms with Gasteiger partial charge in [-0.3, -0.25) is 0 Å². The number of nitrogens with one attached hydrogen (secondary N) is 2. The topological polar surface area (TPSA) is 24.1 Å². The number of benzene rings is 1. The number of hydrogen-bond acceptors (Lipinski definition) is 2. The standard InChI is InChI=1S/C13H19BrN2/c1-10(11-4-2-5-12(14)8-11)16-13-6-3-7-15-9-13/h2,4-5,8,10,13,15-16H,3,6-7,9H2,1H3. The molecule has 2 rings (SSSR count). The highest BCUT2D eigenvalue weighted by atomic mass is 79.9. The normalized spacial score (nSPS) is 23.0. The van der Waals surface area contributed by atoms with Crippen LogP contribution in [0.25, 0.3) is 0 Å². The predicted octanol–water partition coefficient (Wildman–Crippen LogP) is 2.85. The third kappa shape index (κ3) is 3.30. The van der Waals surface area contributed by atoms with Crippen LogP contribution >= 0.6 is 15.9 Å². The summed E-state index contributed by atoms with van der Waals surface area (Å²) in [6.45, 7) is 4.50. The van der Waals surface area contributed by atoms with Gasteiger partial charge in [-0.05, 0) is 44.0 Å². The molecule has 2 atom stereocenters. The van der Waals surface area contributed by atoms with E-state index in [4.69, 9.17) is 0 Å². The van der Waals surface area contributed by atoms with Crippen molar-refractivity contribution >= 4 is 15.9 Å². The minimum Gasteiger partial charge on any atom is -0.315 e. The van der Waals surface area contributed by atoms with Crippen LogP contribution in [0.15, 0.2) is 28.7 Å². The third-order valence-electron chi connectivity index (χ3n) is 3.13. The van der Waals surface area contributed by atoms with E-state index in [0.717, 1.165) is 11.0 Å². The van der Waals surface area contributed by atoms with Crippen LogP contribution < -0.4 is 10.6 Å². The zero-order chi connectivity index (χ0) is 11.4. The Labute approximate surface area is 106 Å². The molecular weight excluding hydrogens is 264 g/mol. The van der Waals surface area contributed by atoms with Crippen molar-refractivity contribution < 1.29 is 0 Å². The van der Waals surface area contributed by atoms with Crippen LogP contribution in [-0.4, -0.2) is 19.1 Å². The SMILES string of the molecule is CC(NC1CCCNC1)c1cccc(Br)c1. The van der Waals surface area contributed by atoms with Crippen molar-refractivity contribution in [1.29, 1.82) is 0 Å². The molecule has 0 spiro atoms. The van der Waals surface area contributed by atoms with E-state index in [1.54, 1.807) is 0 Å². The van der Waals surface area contributed by atoms with E-state index in [1.165, 1.54) is 24.9 Å². The van der Waals surface area contributed by atoms with Gasteiger partial charge in [-0.15, -0.1) is 0 Å². The highest BCUT2D eigenvalue weighted by molar-refractivity contribution is 9.10. The predicted molar refractivity (Wildman–Crippen MR) is 71.6 cm³/mol. The summed E-state index contributed by atoms with van der Waals surface area (Å²) in [4.78, 5) is 0. The molecule has 1 aliphatic rings. The zero-order valence-corrected chi connectivity index (χ0v) is 11.3. The molecule has 1 saturated heterocycles. The van der Waals surface area contributed by atoms with E-state index in [9.17, 15) is 0 Å². The molecule has 0 saturated carbocycles. The van der Waals surface area contributed by atoms with Gasteiger partial charge >= 0.3 is 0 Å². The van der Waals surface area contributed by atoms with Crippen molar-refractivity contribution in [3.63, 3.8) is 0 Å². The molecule has 2 nitrogen and oxygen atoms in total. The molecule has 0 amide bonds. The van der Waals surface area contributed by atoms with Gasteiger partial charge in [-0.1, -0.05) is 28.1 Å². The van der Waals surface area contributed by atoms with E-state index >= 15 is 0 Å². The number of rotatable bonds is 3. The first-order chi connectivity index (χ1) is 7.75. The summed E-state index contributed by atoms with van der Waals surface area (Å²) < 4.78 is 1.15. The molecule has 16 heavy (non-hydrogen) atoms. The molecule has 88 valence electrons. The fraction of sp³-hybridized carbons (Fsp3) is 0.538. The molecule has 2 unspecified atom stereocenters. The lowest BCUT2D eigenvalue weighted by Gasteiger charge is -2.27. The number of hydrogen-bond donors (Lipinski definition) is 2. The van der Waals surface area contributed by atoms with Crippen LogP contribution in [0.5, 0.6) is 0 Å². The Morgan fingerprint density at radius 2 is 2.38 bits per heavy atom. The fourth-order valence-electron chi connectivity index (χ4n) is 2.22. The third-order valence-corrected chi connectivity index (χ3v) is 3.62. The molecule has 0 aromatic heterocycles. The minimum absolute atomic E-state index is 0.419. The van der Waals surface area contributed by atoms with Gasteiger partial charge in [-0.25, -0.2) is 0 Å². The average molecular weight is 283 g/mol. The summed E-state index contributed by atoms with van der Waals surface area (Å²) in [6, 6.07) is 9.56. The van der Waals surface area contributed by atoms with Crippen molar-refractivity contribution in [2.45, 2.75) is 31.8 Å². The van der Waals surface area contributed by atoms with Gasteiger partial charge in [0.1, 0.15) is 0 Å². The van der Waals surface area contributed by atoms with E-state index in [-0.39, 0.29) is 0 Å². The zero-order valence-electron chi connectivity index (χ0n) is 9.67. The molecule has 1 aliphatic heterocycles. The molecule has 1 heterocycles. The average Bonchev–Trinajstić information content (AvgIpc) is 2.30. The van der Waals surface area contributed by atoms with E-state index in [1.807, 2.05) is 0 Å². The molecule has 1 aromatic rings. The van der Waals surface area contributed by atoms with Gasteiger partial charge in [0.15, 0.2) is 0 Å². The Morgan fingerprint density at radius 3 is 3.06 bits per heavy atom. The van der Waals surface area contributed by atoms with E-state index in [2.05, 4.69) is 57.8 Å². The highest BCUT2D eigenvalue weighted by Crippen LogP contribution is 2.19. The maximum atomic E-state index is 3.68. The van der Waals surface area contributed by atoms with Gasteiger partial charge in [-0.2, -0.15) is 0 Å². The van der Waals surface area contributed by atoms with Crippen molar-refractivity contribution in [2.75, 3.05) is 13.1 Å². The van der Waals surface area contributed by atoms with Crippen LogP contribution in [0, 0.1) is 0 Å². The van der Waals surface area contributed by atoms with Crippen molar-refractivity contribution in [3.8, 4) is 0 Å². The van der Waals surface area contributed by atoms with Crippen LogP contribution in [0.4, 0.5) is 0 Å². The Balaban J connectivity index is 1.94. The second-order valence-electron chi connectivity index (χ2n) is 4.49. The fourth-order valence-corrected chi connectivity index (χ4v) is 2.64. The summed E-state index contributed by atoms with van der Waals surface area (Å²) in [7, 11) is 0. The molecule has 0 aliphatic carbocycles. The van der Waals surface area contributed by atoms with Crippen molar-refractivity contribution in [3.05, 3.63) is 34.3 Å². The summed E-state index contributed by atoms with van der Waals surface area (Å²) in [6.07, 6.45) is 2.56. The molecule has 1 fully saturated rings. The Hall–Kier alpha value is -0.380. The number of piperidine rings is 1. The van der Waals surface area contributed by atoms with Gasteiger partial charge in [0, 0.05) is 23.1 Å². The van der Waals surface area contributed by atoms with Crippen LogP contribution in [0.2, 0.25) is 0 Å². The molecule has 3 heteroatoms. The summed E-state index contributed by atoms with van der Waals surface area (Å²) in [5, 5.41) is 7.11. The summed E-state index contributed by atoms with van der Waals surface area (Å²) >= 11 is 3.52. The van der Waals surface area contributed by atoms with Crippen molar-refractivity contribution in [1.82, 2.24) is 10.6 Å². The lowest BCUT2D eigenvalue weighted by atomic mass is 10.0. The Bertz CT molecular complexity index is 334. The van der Waals surface area contributed by atoms with Gasteiger partial charge in [0.25, 0.3) is 0 Å². The summed E-state index contributed by atoms with van der Waals surface area (Å²) in [5.41, 5.74) is 1.35. The van der Waals surface area contributed by atoms with E-state index < -0.39 is 0 Å². The molecule has 2 N–H and O–H groups in total. The lowest BCUT2D eigenvalue weighted by Crippen LogP contribution is -2.43. The first-order valence-corrected chi connectivity index (χ1v) is 6.77. The highest BCUT2D eigenvalue weighted by Gasteiger charge is 2.15. The molecular formula is C13H19BrN2. The number of halogens is 1. The maximum Gasteiger partial charge on any atom is 0.0295 e. The van der Waals surface area contributed by atoms with Gasteiger partial charge in [0.05, 0.1) is 0 Å². The second-order valence-corrected chi connectivity index (χ2v) is 5.40. The minimum atomic E-state index is 0.419. The quantitative estimate of drug-likeness (QED) is 0.891. The molecule has 0 radical (unpaired) electrons. The Morgan fingerprint density at radius 1 is 1.50 bits per heavy atom. The van der Waals surface area contributed by atoms with Gasteiger partial charge < -0.3 is 10.6 Å². The largest absolute Gasteiger partial charge is 0.315 e. The molecule has 1 aromatic carbocycles. The summed E-state index contributed by atoms with van der Waals surface area (Å²) in [5.74, 6) is 0. The first kappa shape index (κ1) is 12.1. The van der Waals surface area contributed by atoms with Crippen molar-refractivity contribution in [2.24, 2.45) is 0 Å². The second kappa shape index (κ2) is 5.80. The molecule has 0 bridgehead atoms. The maximum absolute atomic E-state index is 3.68. The monoisotopic (exact) mass is 282 g/mol. The van der Waals surface area contributed by atoms with Gasteiger partial charge in [0.2, 0.25) is 0 Å². The van der Waals surface area contributed by atoms with Crippen LogP contribution in [0.3, 0.4) is 0 Å².